The summed E-state index contributed by atoms with van der Waals surface area (Å²) >= 11 is 0. The van der Waals surface area contributed by atoms with Crippen molar-refractivity contribution in [3.8, 4) is 0 Å². The molecule has 1 rings (SSSR count). The maximum Gasteiger partial charge on any atom is 0.0593 e. The van der Waals surface area contributed by atoms with Gasteiger partial charge in [0.05, 0.1) is 12.7 Å². The number of aliphatic hydroxyl groups is 1. The largest absolute Gasteiger partial charge is 0.393 e. The molecule has 0 saturated carbocycles. The van der Waals surface area contributed by atoms with Crippen LogP contribution in [-0.2, 0) is 4.74 Å². The first-order valence-corrected chi connectivity index (χ1v) is 4.35. The first-order chi connectivity index (χ1) is 5.09. The molecular formula is C9H18O2. The molecule has 0 bridgehead atoms. The van der Waals surface area contributed by atoms with Crippen LogP contribution in [0.3, 0.4) is 0 Å². The molecule has 2 heteroatoms. The lowest BCUT2D eigenvalue weighted by Crippen LogP contribution is -2.38. The van der Waals surface area contributed by atoms with Crippen LogP contribution in [0.1, 0.15) is 27.2 Å². The van der Waals surface area contributed by atoms with Gasteiger partial charge in [0, 0.05) is 12.0 Å². The van der Waals surface area contributed by atoms with Crippen LogP contribution in [0, 0.1) is 11.3 Å². The van der Waals surface area contributed by atoms with Crippen LogP contribution in [0.15, 0.2) is 0 Å². The van der Waals surface area contributed by atoms with Crippen molar-refractivity contribution in [1.29, 1.82) is 0 Å². The summed E-state index contributed by atoms with van der Waals surface area (Å²) in [7, 11) is 0. The Morgan fingerprint density at radius 3 is 2.18 bits per heavy atom. The summed E-state index contributed by atoms with van der Waals surface area (Å²) in [6.07, 6.45) is 0.757. The second-order valence-corrected chi connectivity index (χ2v) is 3.87. The Labute approximate surface area is 68.6 Å². The highest BCUT2D eigenvalue weighted by Crippen LogP contribution is 2.39. The SMILES string of the molecule is CC(C)[C@@]1([C@@H](C)O)CCOC1. The van der Waals surface area contributed by atoms with E-state index >= 15 is 0 Å². The first kappa shape index (κ1) is 9.01. The van der Waals surface area contributed by atoms with Crippen molar-refractivity contribution in [3.63, 3.8) is 0 Å². The normalized spacial score (nSPS) is 34.6. The minimum absolute atomic E-state index is 0.0278. The van der Waals surface area contributed by atoms with Crippen molar-refractivity contribution in [2.24, 2.45) is 11.3 Å². The van der Waals surface area contributed by atoms with E-state index in [2.05, 4.69) is 13.8 Å². The molecule has 1 aliphatic rings. The number of aliphatic hydroxyl groups excluding tert-OH is 1. The standard InChI is InChI=1S/C9H18O2/c1-7(2)9(8(3)10)4-5-11-6-9/h7-8,10H,4-6H2,1-3H3/t8-,9-/m1/s1. The molecule has 0 spiro atoms. The Hall–Kier alpha value is -0.0800. The van der Waals surface area contributed by atoms with Crippen molar-refractivity contribution in [2.45, 2.75) is 33.3 Å². The van der Waals surface area contributed by atoms with E-state index in [0.29, 0.717) is 5.92 Å². The van der Waals surface area contributed by atoms with Gasteiger partial charge in [-0.05, 0) is 19.3 Å². The Morgan fingerprint density at radius 2 is 2.00 bits per heavy atom. The van der Waals surface area contributed by atoms with Gasteiger partial charge in [-0.1, -0.05) is 13.8 Å². The maximum atomic E-state index is 9.59. The number of rotatable bonds is 2. The average molecular weight is 158 g/mol. The Morgan fingerprint density at radius 1 is 1.36 bits per heavy atom. The van der Waals surface area contributed by atoms with E-state index in [1.165, 1.54) is 0 Å². The van der Waals surface area contributed by atoms with Gasteiger partial charge in [0.2, 0.25) is 0 Å². The van der Waals surface area contributed by atoms with Gasteiger partial charge in [-0.15, -0.1) is 0 Å². The third-order valence-electron chi connectivity index (χ3n) is 3.06. The Kier molecular flexibility index (Phi) is 2.55. The van der Waals surface area contributed by atoms with Crippen molar-refractivity contribution in [3.05, 3.63) is 0 Å². The van der Waals surface area contributed by atoms with Crippen LogP contribution in [0.2, 0.25) is 0 Å². The number of ether oxygens (including phenoxy) is 1. The molecule has 0 unspecified atom stereocenters. The summed E-state index contributed by atoms with van der Waals surface area (Å²) in [5.41, 5.74) is 0.0278. The topological polar surface area (TPSA) is 29.5 Å². The summed E-state index contributed by atoms with van der Waals surface area (Å²) < 4.78 is 5.32. The third kappa shape index (κ3) is 1.42. The molecule has 1 saturated heterocycles. The third-order valence-corrected chi connectivity index (χ3v) is 3.06. The lowest BCUT2D eigenvalue weighted by atomic mass is 9.73. The molecule has 1 aliphatic heterocycles. The van der Waals surface area contributed by atoms with E-state index in [9.17, 15) is 5.11 Å². The molecule has 0 amide bonds. The van der Waals surface area contributed by atoms with Gasteiger partial charge >= 0.3 is 0 Å². The molecule has 2 atom stereocenters. The Balaban J connectivity index is 2.70. The highest BCUT2D eigenvalue weighted by atomic mass is 16.5. The van der Waals surface area contributed by atoms with Crippen LogP contribution in [-0.4, -0.2) is 24.4 Å². The zero-order valence-corrected chi connectivity index (χ0v) is 7.63. The molecule has 1 heterocycles. The predicted molar refractivity (Wildman–Crippen MR) is 44.4 cm³/mol. The lowest BCUT2D eigenvalue weighted by molar-refractivity contribution is -0.00562. The molecule has 2 nitrogen and oxygen atoms in total. The fourth-order valence-corrected chi connectivity index (χ4v) is 1.86. The molecule has 0 aromatic rings. The quantitative estimate of drug-likeness (QED) is 0.658. The number of hydrogen-bond donors (Lipinski definition) is 1. The van der Waals surface area contributed by atoms with Crippen LogP contribution < -0.4 is 0 Å². The molecule has 0 radical (unpaired) electrons. The van der Waals surface area contributed by atoms with E-state index in [1.807, 2.05) is 6.92 Å². The van der Waals surface area contributed by atoms with Gasteiger partial charge in [0.15, 0.2) is 0 Å². The molecule has 0 aliphatic carbocycles. The highest BCUT2D eigenvalue weighted by Gasteiger charge is 2.41. The minimum atomic E-state index is -0.245. The lowest BCUT2D eigenvalue weighted by Gasteiger charge is -2.34. The monoisotopic (exact) mass is 158 g/mol. The molecule has 1 fully saturated rings. The first-order valence-electron chi connectivity index (χ1n) is 4.35. The van der Waals surface area contributed by atoms with Crippen LogP contribution in [0.5, 0.6) is 0 Å². The van der Waals surface area contributed by atoms with Crippen LogP contribution >= 0.6 is 0 Å². The molecule has 0 aromatic carbocycles. The van der Waals surface area contributed by atoms with Crippen molar-refractivity contribution >= 4 is 0 Å². The minimum Gasteiger partial charge on any atom is -0.393 e. The van der Waals surface area contributed by atoms with E-state index in [0.717, 1.165) is 19.6 Å². The summed E-state index contributed by atoms with van der Waals surface area (Å²) in [5.74, 6) is 0.505. The summed E-state index contributed by atoms with van der Waals surface area (Å²) in [6, 6.07) is 0. The molecular weight excluding hydrogens is 140 g/mol. The molecule has 11 heavy (non-hydrogen) atoms. The van der Waals surface area contributed by atoms with Gasteiger partial charge in [0.1, 0.15) is 0 Å². The smallest absolute Gasteiger partial charge is 0.0593 e. The van der Waals surface area contributed by atoms with Crippen molar-refractivity contribution in [1.82, 2.24) is 0 Å². The Bertz CT molecular complexity index is 114. The summed E-state index contributed by atoms with van der Waals surface area (Å²) in [5, 5.41) is 9.59. The average Bonchev–Trinajstić information content (AvgIpc) is 2.34. The predicted octanol–water partition coefficient (Wildman–Crippen LogP) is 1.43. The van der Waals surface area contributed by atoms with E-state index in [-0.39, 0.29) is 11.5 Å². The fourth-order valence-electron chi connectivity index (χ4n) is 1.86. The van der Waals surface area contributed by atoms with Crippen LogP contribution in [0.4, 0.5) is 0 Å². The molecule has 1 N–H and O–H groups in total. The maximum absolute atomic E-state index is 9.59. The second-order valence-electron chi connectivity index (χ2n) is 3.87. The van der Waals surface area contributed by atoms with Gasteiger partial charge < -0.3 is 9.84 Å². The number of hydrogen-bond acceptors (Lipinski definition) is 2. The van der Waals surface area contributed by atoms with Gasteiger partial charge in [-0.2, -0.15) is 0 Å². The van der Waals surface area contributed by atoms with Gasteiger partial charge in [-0.3, -0.25) is 0 Å². The van der Waals surface area contributed by atoms with Crippen LogP contribution in [0.25, 0.3) is 0 Å². The van der Waals surface area contributed by atoms with Crippen molar-refractivity contribution < 1.29 is 9.84 Å². The van der Waals surface area contributed by atoms with E-state index in [1.54, 1.807) is 0 Å². The van der Waals surface area contributed by atoms with Crippen molar-refractivity contribution in [2.75, 3.05) is 13.2 Å². The van der Waals surface area contributed by atoms with E-state index < -0.39 is 0 Å². The second kappa shape index (κ2) is 3.11. The van der Waals surface area contributed by atoms with E-state index in [4.69, 9.17) is 4.74 Å². The molecule has 66 valence electrons. The summed E-state index contributed by atoms with van der Waals surface area (Å²) in [6.45, 7) is 7.71. The van der Waals surface area contributed by atoms with Gasteiger partial charge in [-0.25, -0.2) is 0 Å². The zero-order valence-electron chi connectivity index (χ0n) is 7.63. The molecule has 0 aromatic heterocycles. The zero-order chi connectivity index (χ0) is 8.48. The van der Waals surface area contributed by atoms with Gasteiger partial charge in [0.25, 0.3) is 0 Å². The highest BCUT2D eigenvalue weighted by molar-refractivity contribution is 4.90. The fraction of sp³-hybridized carbons (Fsp3) is 1.00. The summed E-state index contributed by atoms with van der Waals surface area (Å²) in [4.78, 5) is 0.